The Balaban J connectivity index is 0.000000782. The molecule has 2 aromatic carbocycles. The van der Waals surface area contributed by atoms with E-state index in [2.05, 4.69) is 191 Å². The average Bonchev–Trinajstić information content (AvgIpc) is 3.09. The second-order valence-corrected chi connectivity index (χ2v) is 20.5. The minimum absolute atomic E-state index is 0.0313. The summed E-state index contributed by atoms with van der Waals surface area (Å²) >= 11 is 0. The molecule has 2 aromatic rings. The lowest BCUT2D eigenvalue weighted by Gasteiger charge is -2.42. The molecule has 306 valence electrons. The van der Waals surface area contributed by atoms with E-state index < -0.39 is 0 Å². The van der Waals surface area contributed by atoms with Gasteiger partial charge in [0.2, 0.25) is 0 Å². The summed E-state index contributed by atoms with van der Waals surface area (Å²) in [6.07, 6.45) is 17.0. The van der Waals surface area contributed by atoms with Crippen LogP contribution in [-0.2, 0) is 0 Å². The fourth-order valence-electron chi connectivity index (χ4n) is 6.46. The van der Waals surface area contributed by atoms with Crippen molar-refractivity contribution in [2.45, 2.75) is 160 Å². The van der Waals surface area contributed by atoms with Crippen molar-refractivity contribution in [1.29, 1.82) is 0 Å². The third-order valence-corrected chi connectivity index (χ3v) is 12.1. The molecule has 3 atom stereocenters. The van der Waals surface area contributed by atoms with Crippen LogP contribution in [0.15, 0.2) is 103 Å². The summed E-state index contributed by atoms with van der Waals surface area (Å²) in [6.45, 7) is 35.7. The monoisotopic (exact) mass is 743 g/mol. The van der Waals surface area contributed by atoms with E-state index in [9.17, 15) is 0 Å². The van der Waals surface area contributed by atoms with Crippen LogP contribution in [0.25, 0.3) is 0 Å². The number of nitrogens with zero attached hydrogens (tertiary/aromatic N) is 1. The van der Waals surface area contributed by atoms with Gasteiger partial charge in [0.15, 0.2) is 0 Å². The minimum Gasteiger partial charge on any atom is -0.328 e. The molecule has 0 saturated heterocycles. The number of hydrogen-bond acceptors (Lipinski definition) is 2. The van der Waals surface area contributed by atoms with Crippen LogP contribution in [0.4, 0.5) is 0 Å². The van der Waals surface area contributed by atoms with Gasteiger partial charge in [-0.25, -0.2) is 0 Å². The molecule has 4 N–H and O–H groups in total. The molecule has 0 aliphatic rings. The van der Waals surface area contributed by atoms with Gasteiger partial charge >= 0.3 is 0 Å². The summed E-state index contributed by atoms with van der Waals surface area (Å²) in [4.78, 5) is 0. The van der Waals surface area contributed by atoms with Crippen LogP contribution in [0.5, 0.6) is 0 Å². The van der Waals surface area contributed by atoms with Crippen molar-refractivity contribution < 1.29 is 4.48 Å². The fourth-order valence-corrected chi connectivity index (χ4v) is 6.46. The Morgan fingerprint density at radius 2 is 1.13 bits per heavy atom. The third-order valence-electron chi connectivity index (χ3n) is 12.1. The summed E-state index contributed by atoms with van der Waals surface area (Å²) < 4.78 is 0.991. The Hall–Kier alpha value is -2.68. The van der Waals surface area contributed by atoms with E-state index in [0.717, 1.165) is 36.6 Å². The average molecular weight is 743 g/mol. The SMILES string of the molecule is C=C=CC(C)(C)C(C)(C)C/C=C/CC(C)(C)CC.CC(C)(C)C(CCC(N)c1ccccc1)[N+](C)(C)C.CCC(C)(C)C/C=C(\C)C(N)c1ccccc1. The van der Waals surface area contributed by atoms with Crippen LogP contribution in [0.3, 0.4) is 0 Å². The van der Waals surface area contributed by atoms with E-state index >= 15 is 0 Å². The number of rotatable bonds is 17. The van der Waals surface area contributed by atoms with Crippen LogP contribution in [0.1, 0.15) is 165 Å². The Morgan fingerprint density at radius 1 is 0.685 bits per heavy atom. The van der Waals surface area contributed by atoms with Crippen molar-refractivity contribution in [3.8, 4) is 0 Å². The van der Waals surface area contributed by atoms with Crippen molar-refractivity contribution in [3.05, 3.63) is 114 Å². The highest BCUT2D eigenvalue weighted by molar-refractivity contribution is 5.26. The van der Waals surface area contributed by atoms with Gasteiger partial charge < -0.3 is 16.0 Å². The number of allylic oxidation sites excluding steroid dienone is 4. The highest BCUT2D eigenvalue weighted by atomic mass is 15.3. The van der Waals surface area contributed by atoms with Gasteiger partial charge in [-0.3, -0.25) is 0 Å². The second kappa shape index (κ2) is 22.8. The predicted molar refractivity (Wildman–Crippen MR) is 243 cm³/mol. The first-order chi connectivity index (χ1) is 24.7. The Kier molecular flexibility index (Phi) is 21.6. The smallest absolute Gasteiger partial charge is 0.0933 e. The first-order valence-electron chi connectivity index (χ1n) is 20.8. The van der Waals surface area contributed by atoms with Gasteiger partial charge in [-0.15, -0.1) is 5.73 Å². The molecule has 0 bridgehead atoms. The summed E-state index contributed by atoms with van der Waals surface area (Å²) in [5, 5.41) is 0. The maximum absolute atomic E-state index is 6.32. The van der Waals surface area contributed by atoms with Gasteiger partial charge in [-0.1, -0.05) is 194 Å². The predicted octanol–water partition coefficient (Wildman–Crippen LogP) is 14.2. The summed E-state index contributed by atoms with van der Waals surface area (Å²) in [6, 6.07) is 21.5. The fraction of sp³-hybridized carbons (Fsp3) is 0.627. The van der Waals surface area contributed by atoms with Gasteiger partial charge in [0.1, 0.15) is 0 Å². The first kappa shape index (κ1) is 51.3. The third kappa shape index (κ3) is 19.8. The van der Waals surface area contributed by atoms with Crippen molar-refractivity contribution in [2.24, 2.45) is 38.5 Å². The minimum atomic E-state index is 0.0313. The molecule has 0 heterocycles. The zero-order valence-electron chi connectivity index (χ0n) is 38.6. The highest BCUT2D eigenvalue weighted by Gasteiger charge is 2.36. The number of quaternary nitrogens is 1. The van der Waals surface area contributed by atoms with Crippen LogP contribution < -0.4 is 11.5 Å². The molecule has 3 unspecified atom stereocenters. The van der Waals surface area contributed by atoms with E-state index in [0.29, 0.717) is 22.3 Å². The van der Waals surface area contributed by atoms with Gasteiger partial charge in [0.25, 0.3) is 0 Å². The second-order valence-electron chi connectivity index (χ2n) is 20.5. The Morgan fingerprint density at radius 3 is 1.56 bits per heavy atom. The van der Waals surface area contributed by atoms with Crippen LogP contribution in [0, 0.1) is 27.1 Å². The lowest BCUT2D eigenvalue weighted by atomic mass is 9.66. The zero-order valence-corrected chi connectivity index (χ0v) is 38.6. The molecule has 0 aliphatic heterocycles. The molecule has 2 rings (SSSR count). The van der Waals surface area contributed by atoms with Crippen LogP contribution >= 0.6 is 0 Å². The Labute approximate surface area is 337 Å². The first-order valence-corrected chi connectivity index (χ1v) is 20.8. The summed E-state index contributed by atoms with van der Waals surface area (Å²) in [5.41, 5.74) is 20.7. The number of hydrogen-bond donors (Lipinski definition) is 2. The molecule has 0 radical (unpaired) electrons. The molecule has 54 heavy (non-hydrogen) atoms. The van der Waals surface area contributed by atoms with E-state index in [1.807, 2.05) is 24.3 Å². The standard InChI is InChI=1S/C18H32.C17H31N2.C16H25N/c1-9-13-17(5,6)18(7,8)15-12-11-14-16(3,4)10-2;1-17(2,3)16(19(4,5)6)13-12-15(18)14-10-8-7-9-11-14;1-5-16(3,4)12-11-13(2)15(17)14-9-7-6-8-10-14/h11-13H,1,10,14-15H2,2-8H3;7-11,15-16H,12-13,18H2,1-6H3;6-11,15H,5,12,17H2,1-4H3/q;+1;/b12-11+;;13-11+. The number of nitrogens with two attached hydrogens (primary N) is 2. The number of benzene rings is 2. The molecule has 3 nitrogen and oxygen atoms in total. The van der Waals surface area contributed by atoms with E-state index in [-0.39, 0.29) is 22.9 Å². The van der Waals surface area contributed by atoms with E-state index in [1.54, 1.807) is 0 Å². The normalized spacial score (nSPS) is 14.9. The van der Waals surface area contributed by atoms with Crippen LogP contribution in [-0.4, -0.2) is 31.7 Å². The molecule has 0 amide bonds. The maximum Gasteiger partial charge on any atom is 0.0933 e. The molecular weight excluding hydrogens is 655 g/mol. The van der Waals surface area contributed by atoms with Gasteiger partial charge in [0, 0.05) is 17.9 Å². The van der Waals surface area contributed by atoms with Gasteiger partial charge in [-0.05, 0) is 71.5 Å². The van der Waals surface area contributed by atoms with Crippen molar-refractivity contribution in [1.82, 2.24) is 0 Å². The molecule has 0 saturated carbocycles. The highest BCUT2D eigenvalue weighted by Crippen LogP contribution is 2.42. The summed E-state index contributed by atoms with van der Waals surface area (Å²) in [7, 11) is 6.85. The zero-order chi connectivity index (χ0) is 42.0. The molecule has 0 aliphatic carbocycles. The van der Waals surface area contributed by atoms with Gasteiger partial charge in [-0.2, -0.15) is 0 Å². The van der Waals surface area contributed by atoms with Crippen molar-refractivity contribution >= 4 is 0 Å². The molecule has 0 spiro atoms. The molecule has 3 heteroatoms. The molecule has 0 aromatic heterocycles. The van der Waals surface area contributed by atoms with Crippen molar-refractivity contribution in [3.63, 3.8) is 0 Å². The van der Waals surface area contributed by atoms with E-state index in [1.165, 1.54) is 29.5 Å². The Bertz CT molecular complexity index is 1390. The van der Waals surface area contributed by atoms with E-state index in [4.69, 9.17) is 11.5 Å². The maximum atomic E-state index is 6.32. The largest absolute Gasteiger partial charge is 0.328 e. The van der Waals surface area contributed by atoms with Gasteiger partial charge in [0.05, 0.1) is 33.2 Å². The lowest BCUT2D eigenvalue weighted by molar-refractivity contribution is -0.903. The topological polar surface area (TPSA) is 52.0 Å². The summed E-state index contributed by atoms with van der Waals surface area (Å²) in [5.74, 6) is 0. The molecular formula is C51H88N3+. The van der Waals surface area contributed by atoms with Crippen LogP contribution in [0.2, 0.25) is 0 Å². The quantitative estimate of drug-likeness (QED) is 0.0963. The van der Waals surface area contributed by atoms with Crippen molar-refractivity contribution in [2.75, 3.05) is 21.1 Å². The molecule has 0 fully saturated rings. The lowest BCUT2D eigenvalue weighted by Crippen LogP contribution is -2.52.